The molecule has 0 bridgehead atoms. The van der Waals surface area contributed by atoms with Gasteiger partial charge in [0.2, 0.25) is 0 Å². The lowest BCUT2D eigenvalue weighted by molar-refractivity contribution is 0.348. The molecule has 0 unspecified atom stereocenters. The summed E-state index contributed by atoms with van der Waals surface area (Å²) in [6, 6.07) is 4.84. The van der Waals surface area contributed by atoms with E-state index in [1.165, 1.54) is 6.07 Å². The van der Waals surface area contributed by atoms with Crippen molar-refractivity contribution in [3.8, 4) is 5.75 Å². The van der Waals surface area contributed by atoms with Crippen molar-refractivity contribution in [3.05, 3.63) is 41.2 Å². The SMILES string of the molecule is C/C=C(\CN)COc1ccc(C)c(F)c1. The minimum Gasteiger partial charge on any atom is -0.489 e. The van der Waals surface area contributed by atoms with E-state index in [1.807, 2.05) is 13.0 Å². The van der Waals surface area contributed by atoms with Crippen LogP contribution in [0.3, 0.4) is 0 Å². The molecule has 0 fully saturated rings. The third-order valence-electron chi connectivity index (χ3n) is 2.24. The van der Waals surface area contributed by atoms with Crippen LogP contribution in [0.1, 0.15) is 12.5 Å². The van der Waals surface area contributed by atoms with E-state index in [0.717, 1.165) is 5.57 Å². The molecular formula is C12H16FNO. The first-order chi connectivity index (χ1) is 7.17. The van der Waals surface area contributed by atoms with Crippen LogP contribution in [0.4, 0.5) is 4.39 Å². The van der Waals surface area contributed by atoms with Gasteiger partial charge in [-0.05, 0) is 31.1 Å². The fourth-order valence-corrected chi connectivity index (χ4v) is 1.10. The topological polar surface area (TPSA) is 35.2 Å². The highest BCUT2D eigenvalue weighted by Gasteiger charge is 2.01. The smallest absolute Gasteiger partial charge is 0.129 e. The summed E-state index contributed by atoms with van der Waals surface area (Å²) in [5.74, 6) is 0.285. The van der Waals surface area contributed by atoms with Crippen molar-refractivity contribution in [2.24, 2.45) is 5.73 Å². The Morgan fingerprint density at radius 1 is 1.53 bits per heavy atom. The minimum atomic E-state index is -0.248. The summed E-state index contributed by atoms with van der Waals surface area (Å²) in [7, 11) is 0. The molecule has 0 aliphatic rings. The fraction of sp³-hybridized carbons (Fsp3) is 0.333. The highest BCUT2D eigenvalue weighted by molar-refractivity contribution is 5.28. The summed E-state index contributed by atoms with van der Waals surface area (Å²) in [6.45, 7) is 4.50. The van der Waals surface area contributed by atoms with Crippen LogP contribution in [-0.4, -0.2) is 13.2 Å². The van der Waals surface area contributed by atoms with Gasteiger partial charge in [0.1, 0.15) is 18.2 Å². The predicted molar refractivity (Wildman–Crippen MR) is 59.4 cm³/mol. The van der Waals surface area contributed by atoms with Gasteiger partial charge in [0.25, 0.3) is 0 Å². The summed E-state index contributed by atoms with van der Waals surface area (Å²) in [5.41, 5.74) is 7.09. The number of rotatable bonds is 4. The van der Waals surface area contributed by atoms with Crippen LogP contribution in [0.2, 0.25) is 0 Å². The van der Waals surface area contributed by atoms with Crippen molar-refractivity contribution in [2.45, 2.75) is 13.8 Å². The Bertz CT molecular complexity index is 361. The van der Waals surface area contributed by atoms with Crippen LogP contribution in [-0.2, 0) is 0 Å². The number of aryl methyl sites for hydroxylation is 1. The zero-order chi connectivity index (χ0) is 11.3. The molecule has 1 rings (SSSR count). The van der Waals surface area contributed by atoms with E-state index in [4.69, 9.17) is 10.5 Å². The van der Waals surface area contributed by atoms with E-state index in [1.54, 1.807) is 19.1 Å². The van der Waals surface area contributed by atoms with E-state index >= 15 is 0 Å². The van der Waals surface area contributed by atoms with Gasteiger partial charge < -0.3 is 10.5 Å². The third kappa shape index (κ3) is 3.36. The summed E-state index contributed by atoms with van der Waals surface area (Å²) >= 11 is 0. The summed E-state index contributed by atoms with van der Waals surface area (Å²) in [6.07, 6.45) is 1.91. The van der Waals surface area contributed by atoms with Gasteiger partial charge in [-0.3, -0.25) is 0 Å². The number of hydrogen-bond donors (Lipinski definition) is 1. The Hall–Kier alpha value is -1.35. The third-order valence-corrected chi connectivity index (χ3v) is 2.24. The van der Waals surface area contributed by atoms with Gasteiger partial charge in [0, 0.05) is 12.6 Å². The normalized spacial score (nSPS) is 11.6. The molecule has 0 saturated carbocycles. The maximum Gasteiger partial charge on any atom is 0.129 e. The quantitative estimate of drug-likeness (QED) is 0.773. The van der Waals surface area contributed by atoms with Gasteiger partial charge >= 0.3 is 0 Å². The Morgan fingerprint density at radius 2 is 2.27 bits per heavy atom. The fourth-order valence-electron chi connectivity index (χ4n) is 1.10. The predicted octanol–water partition coefficient (Wildman–Crippen LogP) is 2.42. The van der Waals surface area contributed by atoms with Crippen LogP contribution in [0.5, 0.6) is 5.75 Å². The molecular weight excluding hydrogens is 193 g/mol. The van der Waals surface area contributed by atoms with E-state index in [9.17, 15) is 4.39 Å². The van der Waals surface area contributed by atoms with Crippen molar-refractivity contribution in [1.29, 1.82) is 0 Å². The standard InChI is InChI=1S/C12H16FNO/c1-3-10(7-14)8-15-11-5-4-9(2)12(13)6-11/h3-6H,7-8,14H2,1-2H3/b10-3+. The zero-order valence-corrected chi connectivity index (χ0v) is 9.09. The minimum absolute atomic E-state index is 0.248. The summed E-state index contributed by atoms with van der Waals surface area (Å²) in [4.78, 5) is 0. The number of hydrogen-bond acceptors (Lipinski definition) is 2. The molecule has 0 aliphatic carbocycles. The second-order valence-corrected chi connectivity index (χ2v) is 3.35. The molecule has 82 valence electrons. The highest BCUT2D eigenvalue weighted by Crippen LogP contribution is 2.16. The molecule has 2 N–H and O–H groups in total. The maximum atomic E-state index is 13.1. The summed E-state index contributed by atoms with van der Waals surface area (Å²) < 4.78 is 18.5. The van der Waals surface area contributed by atoms with Crippen molar-refractivity contribution >= 4 is 0 Å². The number of halogens is 1. The molecule has 15 heavy (non-hydrogen) atoms. The van der Waals surface area contributed by atoms with Crippen LogP contribution in [0.15, 0.2) is 29.8 Å². The monoisotopic (exact) mass is 209 g/mol. The molecule has 2 nitrogen and oxygen atoms in total. The van der Waals surface area contributed by atoms with E-state index in [0.29, 0.717) is 24.5 Å². The van der Waals surface area contributed by atoms with Gasteiger partial charge in [0.15, 0.2) is 0 Å². The zero-order valence-electron chi connectivity index (χ0n) is 9.09. The van der Waals surface area contributed by atoms with Gasteiger partial charge in [-0.15, -0.1) is 0 Å². The molecule has 0 aliphatic heterocycles. The largest absolute Gasteiger partial charge is 0.489 e. The molecule has 0 amide bonds. The van der Waals surface area contributed by atoms with Crippen LogP contribution >= 0.6 is 0 Å². The Morgan fingerprint density at radius 3 is 2.80 bits per heavy atom. The van der Waals surface area contributed by atoms with Gasteiger partial charge in [-0.25, -0.2) is 4.39 Å². The van der Waals surface area contributed by atoms with Crippen LogP contribution < -0.4 is 10.5 Å². The Labute approximate surface area is 89.6 Å². The lowest BCUT2D eigenvalue weighted by atomic mass is 10.2. The molecule has 1 aromatic carbocycles. The lowest BCUT2D eigenvalue weighted by Crippen LogP contribution is -2.10. The molecule has 0 saturated heterocycles. The van der Waals surface area contributed by atoms with Gasteiger partial charge in [-0.2, -0.15) is 0 Å². The Balaban J connectivity index is 2.62. The number of nitrogens with two attached hydrogens (primary N) is 1. The van der Waals surface area contributed by atoms with Gasteiger partial charge in [0.05, 0.1) is 0 Å². The van der Waals surface area contributed by atoms with E-state index in [2.05, 4.69) is 0 Å². The maximum absolute atomic E-state index is 13.1. The first-order valence-corrected chi connectivity index (χ1v) is 4.90. The van der Waals surface area contributed by atoms with Crippen molar-refractivity contribution < 1.29 is 9.13 Å². The molecule has 0 heterocycles. The van der Waals surface area contributed by atoms with Crippen molar-refractivity contribution in [3.63, 3.8) is 0 Å². The van der Waals surface area contributed by atoms with Crippen LogP contribution in [0.25, 0.3) is 0 Å². The highest BCUT2D eigenvalue weighted by atomic mass is 19.1. The van der Waals surface area contributed by atoms with E-state index in [-0.39, 0.29) is 5.82 Å². The van der Waals surface area contributed by atoms with E-state index < -0.39 is 0 Å². The second kappa shape index (κ2) is 5.51. The summed E-state index contributed by atoms with van der Waals surface area (Å²) in [5, 5.41) is 0. The number of allylic oxidation sites excluding steroid dienone is 1. The molecule has 0 atom stereocenters. The molecule has 3 heteroatoms. The van der Waals surface area contributed by atoms with Crippen molar-refractivity contribution in [1.82, 2.24) is 0 Å². The second-order valence-electron chi connectivity index (χ2n) is 3.35. The first kappa shape index (κ1) is 11.7. The molecule has 0 radical (unpaired) electrons. The van der Waals surface area contributed by atoms with Gasteiger partial charge in [-0.1, -0.05) is 12.1 Å². The average Bonchev–Trinajstić information content (AvgIpc) is 2.24. The lowest BCUT2D eigenvalue weighted by Gasteiger charge is -2.08. The number of benzene rings is 1. The van der Waals surface area contributed by atoms with Crippen molar-refractivity contribution in [2.75, 3.05) is 13.2 Å². The number of ether oxygens (including phenoxy) is 1. The average molecular weight is 209 g/mol. The molecule has 0 spiro atoms. The first-order valence-electron chi connectivity index (χ1n) is 4.90. The molecule has 1 aromatic rings. The molecule has 0 aromatic heterocycles. The Kier molecular flexibility index (Phi) is 4.31. The van der Waals surface area contributed by atoms with Crippen LogP contribution in [0, 0.1) is 12.7 Å².